The van der Waals surface area contributed by atoms with Gasteiger partial charge in [-0.15, -0.1) is 0 Å². The maximum Gasteiger partial charge on any atom is 0.432 e. The second-order valence-electron chi connectivity index (χ2n) is 9.03. The van der Waals surface area contributed by atoms with Crippen molar-refractivity contribution >= 4 is 5.97 Å². The minimum atomic E-state index is -4.47. The summed E-state index contributed by atoms with van der Waals surface area (Å²) in [5, 5.41) is 9.23. The summed E-state index contributed by atoms with van der Waals surface area (Å²) in [5.74, 6) is -0.133. The second-order valence-corrected chi connectivity index (χ2v) is 9.03. The van der Waals surface area contributed by atoms with Crippen LogP contribution in [0.1, 0.15) is 49.4 Å². The summed E-state index contributed by atoms with van der Waals surface area (Å²) in [7, 11) is 0. The molecule has 1 fully saturated rings. The molecular weight excluding hydrogens is 435 g/mol. The first-order chi connectivity index (χ1) is 15.5. The number of aliphatic carboxylic acids is 1. The summed E-state index contributed by atoms with van der Waals surface area (Å²) in [4.78, 5) is 21.9. The van der Waals surface area contributed by atoms with E-state index in [1.807, 2.05) is 19.1 Å². The number of hydrogen-bond donors (Lipinski definition) is 2. The molecule has 0 radical (unpaired) electrons. The third-order valence-electron chi connectivity index (χ3n) is 5.76. The number of halogens is 3. The summed E-state index contributed by atoms with van der Waals surface area (Å²) >= 11 is 0. The van der Waals surface area contributed by atoms with Gasteiger partial charge in [-0.2, -0.15) is 13.2 Å². The minimum absolute atomic E-state index is 0.0162. The number of carboxylic acid groups (broad SMARTS) is 1. The van der Waals surface area contributed by atoms with Gasteiger partial charge >= 0.3 is 12.1 Å². The molecule has 1 aromatic carbocycles. The van der Waals surface area contributed by atoms with Crippen LogP contribution in [-0.4, -0.2) is 32.6 Å². The van der Waals surface area contributed by atoms with Gasteiger partial charge in [0.2, 0.25) is 5.88 Å². The third kappa shape index (κ3) is 4.86. The van der Waals surface area contributed by atoms with E-state index in [-0.39, 0.29) is 18.3 Å². The number of pyridine rings is 1. The number of alkyl halides is 3. The maximum absolute atomic E-state index is 13.0. The predicted octanol–water partition coefficient (Wildman–Crippen LogP) is 5.83. The van der Waals surface area contributed by atoms with Gasteiger partial charge < -0.3 is 14.8 Å². The summed E-state index contributed by atoms with van der Waals surface area (Å²) in [6.07, 6.45) is -0.0341. The fourth-order valence-corrected chi connectivity index (χ4v) is 3.51. The standard InChI is InChI=1S/C24H24F3N3O3/c1-13-8-20(33-12-23(2,3)22(31)32)28-10-18(13)15-6-7-16(17(9-15)14-4-5-14)21-29-11-19(30-21)24(25,26)27/h6-11,14H,4-5,12H2,1-3H3,(H,29,30)(H,31,32). The molecule has 0 unspecified atom stereocenters. The highest BCUT2D eigenvalue weighted by atomic mass is 19.4. The zero-order valence-corrected chi connectivity index (χ0v) is 18.5. The lowest BCUT2D eigenvalue weighted by Gasteiger charge is -2.19. The Morgan fingerprint density at radius 1 is 1.15 bits per heavy atom. The Morgan fingerprint density at radius 3 is 2.45 bits per heavy atom. The lowest BCUT2D eigenvalue weighted by Crippen LogP contribution is -2.30. The van der Waals surface area contributed by atoms with Crippen molar-refractivity contribution in [1.29, 1.82) is 0 Å². The number of aryl methyl sites for hydroxylation is 1. The van der Waals surface area contributed by atoms with Crippen LogP contribution in [0.2, 0.25) is 0 Å². The Labute approximate surface area is 188 Å². The van der Waals surface area contributed by atoms with Crippen molar-refractivity contribution < 1.29 is 27.8 Å². The quantitative estimate of drug-likeness (QED) is 0.464. The smallest absolute Gasteiger partial charge is 0.432 e. The molecule has 33 heavy (non-hydrogen) atoms. The Balaban J connectivity index is 1.62. The number of hydrogen-bond acceptors (Lipinski definition) is 4. The number of benzene rings is 1. The molecule has 4 rings (SSSR count). The summed E-state index contributed by atoms with van der Waals surface area (Å²) in [5.41, 5.74) is 2.36. The van der Waals surface area contributed by atoms with Crippen molar-refractivity contribution in [2.45, 2.75) is 45.7 Å². The largest absolute Gasteiger partial charge is 0.481 e. The molecule has 2 aromatic heterocycles. The topological polar surface area (TPSA) is 88.1 Å². The second kappa shape index (κ2) is 8.20. The molecule has 1 aliphatic rings. The Hall–Kier alpha value is -3.36. The van der Waals surface area contributed by atoms with E-state index in [2.05, 4.69) is 15.0 Å². The van der Waals surface area contributed by atoms with Crippen LogP contribution in [0, 0.1) is 12.3 Å². The summed E-state index contributed by atoms with van der Waals surface area (Å²) < 4.78 is 44.6. The van der Waals surface area contributed by atoms with E-state index in [1.165, 1.54) is 0 Å². The number of carbonyl (C=O) groups is 1. The molecule has 6 nitrogen and oxygen atoms in total. The van der Waals surface area contributed by atoms with Crippen LogP contribution < -0.4 is 4.74 Å². The minimum Gasteiger partial charge on any atom is -0.481 e. The number of nitrogens with one attached hydrogen (secondary N) is 1. The van der Waals surface area contributed by atoms with Gasteiger partial charge in [0.25, 0.3) is 0 Å². The molecule has 0 amide bonds. The zero-order chi connectivity index (χ0) is 24.0. The van der Waals surface area contributed by atoms with Crippen molar-refractivity contribution in [2.24, 2.45) is 5.41 Å². The molecule has 0 bridgehead atoms. The lowest BCUT2D eigenvalue weighted by atomic mass is 9.95. The van der Waals surface area contributed by atoms with Crippen molar-refractivity contribution in [3.05, 3.63) is 53.5 Å². The SMILES string of the molecule is Cc1cc(OCC(C)(C)C(=O)O)ncc1-c1ccc(-c2ncc(C(F)(F)F)[nH]2)c(C2CC2)c1. The van der Waals surface area contributed by atoms with Crippen LogP contribution in [0.5, 0.6) is 5.88 Å². The van der Waals surface area contributed by atoms with Crippen molar-refractivity contribution in [1.82, 2.24) is 15.0 Å². The fourth-order valence-electron chi connectivity index (χ4n) is 3.51. The van der Waals surface area contributed by atoms with E-state index >= 15 is 0 Å². The van der Waals surface area contributed by atoms with Gasteiger partial charge in [-0.3, -0.25) is 4.79 Å². The van der Waals surface area contributed by atoms with Crippen LogP contribution in [0.15, 0.2) is 36.7 Å². The molecule has 0 atom stereocenters. The van der Waals surface area contributed by atoms with E-state index in [0.29, 0.717) is 11.4 Å². The molecule has 9 heteroatoms. The van der Waals surface area contributed by atoms with E-state index in [0.717, 1.165) is 41.3 Å². The van der Waals surface area contributed by atoms with Gasteiger partial charge in [-0.1, -0.05) is 18.2 Å². The normalized spacial score (nSPS) is 14.4. The van der Waals surface area contributed by atoms with Gasteiger partial charge in [0, 0.05) is 23.4 Å². The number of aromatic amines is 1. The van der Waals surface area contributed by atoms with Crippen molar-refractivity contribution in [3.63, 3.8) is 0 Å². The number of aromatic nitrogens is 3. The molecule has 0 saturated heterocycles. The lowest BCUT2D eigenvalue weighted by molar-refractivity contribution is -0.148. The first kappa shape index (κ1) is 22.8. The first-order valence-electron chi connectivity index (χ1n) is 10.6. The predicted molar refractivity (Wildman–Crippen MR) is 116 cm³/mol. The molecule has 3 aromatic rings. The van der Waals surface area contributed by atoms with Crippen LogP contribution in [0.4, 0.5) is 13.2 Å². The van der Waals surface area contributed by atoms with Crippen LogP contribution in [-0.2, 0) is 11.0 Å². The van der Waals surface area contributed by atoms with Crippen LogP contribution in [0.25, 0.3) is 22.5 Å². The van der Waals surface area contributed by atoms with E-state index in [4.69, 9.17) is 4.74 Å². The van der Waals surface area contributed by atoms with E-state index < -0.39 is 23.3 Å². The van der Waals surface area contributed by atoms with Gasteiger partial charge in [0.15, 0.2) is 0 Å². The first-order valence-corrected chi connectivity index (χ1v) is 10.6. The van der Waals surface area contributed by atoms with Crippen LogP contribution in [0.3, 0.4) is 0 Å². The zero-order valence-electron chi connectivity index (χ0n) is 18.5. The highest BCUT2D eigenvalue weighted by molar-refractivity contribution is 5.74. The summed E-state index contributed by atoms with van der Waals surface area (Å²) in [6.45, 7) is 5.04. The van der Waals surface area contributed by atoms with Crippen LogP contribution >= 0.6 is 0 Å². The highest BCUT2D eigenvalue weighted by Gasteiger charge is 2.34. The average Bonchev–Trinajstić information content (AvgIpc) is 3.46. The molecular formula is C24H24F3N3O3. The van der Waals surface area contributed by atoms with Gasteiger partial charge in [0.05, 0.1) is 11.6 Å². The molecule has 0 spiro atoms. The Kier molecular flexibility index (Phi) is 5.67. The number of carboxylic acids is 1. The number of ether oxygens (including phenoxy) is 1. The fraction of sp³-hybridized carbons (Fsp3) is 0.375. The monoisotopic (exact) mass is 459 g/mol. The van der Waals surface area contributed by atoms with E-state index in [9.17, 15) is 23.1 Å². The van der Waals surface area contributed by atoms with Gasteiger partial charge in [-0.25, -0.2) is 9.97 Å². The van der Waals surface area contributed by atoms with E-state index in [1.54, 1.807) is 32.2 Å². The number of imidazole rings is 1. The highest BCUT2D eigenvalue weighted by Crippen LogP contribution is 2.46. The average molecular weight is 459 g/mol. The Morgan fingerprint density at radius 2 is 1.88 bits per heavy atom. The molecule has 1 saturated carbocycles. The molecule has 2 heterocycles. The maximum atomic E-state index is 13.0. The van der Waals surface area contributed by atoms with Crippen molar-refractivity contribution in [3.8, 4) is 28.4 Å². The molecule has 0 aliphatic heterocycles. The number of rotatable bonds is 7. The number of H-pyrrole nitrogens is 1. The van der Waals surface area contributed by atoms with Gasteiger partial charge in [-0.05, 0) is 56.2 Å². The molecule has 2 N–H and O–H groups in total. The third-order valence-corrected chi connectivity index (χ3v) is 5.76. The Bertz CT molecular complexity index is 1200. The molecule has 1 aliphatic carbocycles. The van der Waals surface area contributed by atoms with Gasteiger partial charge in [0.1, 0.15) is 18.1 Å². The summed E-state index contributed by atoms with van der Waals surface area (Å²) in [6, 6.07) is 7.37. The van der Waals surface area contributed by atoms with Crippen molar-refractivity contribution in [2.75, 3.05) is 6.61 Å². The number of nitrogens with zero attached hydrogens (tertiary/aromatic N) is 2. The molecule has 174 valence electrons.